The summed E-state index contributed by atoms with van der Waals surface area (Å²) in [6.07, 6.45) is 4.38. The third kappa shape index (κ3) is 3.54. The Labute approximate surface area is 130 Å². The maximum atomic E-state index is 12.3. The van der Waals surface area contributed by atoms with Gasteiger partial charge >= 0.3 is 0 Å². The quantitative estimate of drug-likeness (QED) is 0.724. The number of fused-ring (bicyclic) bond motifs is 1. The molecule has 1 unspecified atom stereocenters. The molecule has 2 atom stereocenters. The summed E-state index contributed by atoms with van der Waals surface area (Å²) in [4.78, 5) is 23.2. The zero-order chi connectivity index (χ0) is 15.4. The number of rotatable bonds is 4. The Balaban J connectivity index is 1.63. The first kappa shape index (κ1) is 15.2. The normalized spacial score (nSPS) is 24.4. The number of carbonyl (C=O) groups excluding carboxylic acids is 2. The molecule has 22 heavy (non-hydrogen) atoms. The number of nitrogens with one attached hydrogen (secondary N) is 3. The number of carbonyl (C=O) groups is 2. The van der Waals surface area contributed by atoms with Crippen LogP contribution in [-0.2, 0) is 11.2 Å². The summed E-state index contributed by atoms with van der Waals surface area (Å²) in [5.74, 6) is 0.0958. The van der Waals surface area contributed by atoms with Gasteiger partial charge in [0.25, 0.3) is 0 Å². The summed E-state index contributed by atoms with van der Waals surface area (Å²) in [6.45, 7) is 2.73. The summed E-state index contributed by atoms with van der Waals surface area (Å²) in [5, 5.41) is 9.82. The first-order valence-electron chi connectivity index (χ1n) is 8.08. The van der Waals surface area contributed by atoms with Crippen LogP contribution in [0.3, 0.4) is 0 Å². The van der Waals surface area contributed by atoms with Gasteiger partial charge in [0.15, 0.2) is 0 Å². The molecule has 1 aliphatic carbocycles. The van der Waals surface area contributed by atoms with Gasteiger partial charge in [0.2, 0.25) is 5.91 Å². The maximum Gasteiger partial charge on any atom is 0.222 e. The molecule has 0 aromatic heterocycles. The Kier molecular flexibility index (Phi) is 4.85. The van der Waals surface area contributed by atoms with Crippen LogP contribution in [-0.4, -0.2) is 37.9 Å². The Morgan fingerprint density at radius 3 is 3.05 bits per heavy atom. The molecular formula is C17H23N3O2. The van der Waals surface area contributed by atoms with E-state index >= 15 is 0 Å². The summed E-state index contributed by atoms with van der Waals surface area (Å²) in [5.41, 5.74) is 3.07. The molecule has 118 valence electrons. The number of hydrogen-bond acceptors (Lipinski definition) is 4. The van der Waals surface area contributed by atoms with E-state index in [4.69, 9.17) is 0 Å². The molecule has 3 N–H and O–H groups in total. The van der Waals surface area contributed by atoms with E-state index in [0.717, 1.165) is 45.2 Å². The lowest BCUT2D eigenvalue weighted by molar-refractivity contribution is -0.122. The van der Waals surface area contributed by atoms with Crippen LogP contribution < -0.4 is 16.0 Å². The molecule has 1 aliphatic heterocycles. The number of hydrogen-bond donors (Lipinski definition) is 3. The average molecular weight is 301 g/mol. The highest BCUT2D eigenvalue weighted by atomic mass is 16.1. The van der Waals surface area contributed by atoms with E-state index in [1.54, 1.807) is 0 Å². The molecule has 0 radical (unpaired) electrons. The van der Waals surface area contributed by atoms with Crippen LogP contribution in [0, 0.1) is 0 Å². The van der Waals surface area contributed by atoms with E-state index in [1.165, 1.54) is 11.1 Å². The van der Waals surface area contributed by atoms with Crippen molar-refractivity contribution in [1.82, 2.24) is 16.0 Å². The molecule has 2 aliphatic rings. The lowest BCUT2D eigenvalue weighted by Gasteiger charge is -2.28. The first-order chi connectivity index (χ1) is 10.8. The predicted octanol–water partition coefficient (Wildman–Crippen LogP) is 0.944. The van der Waals surface area contributed by atoms with Crippen LogP contribution >= 0.6 is 0 Å². The molecule has 1 fully saturated rings. The van der Waals surface area contributed by atoms with Crippen LogP contribution in [0.1, 0.15) is 46.8 Å². The van der Waals surface area contributed by atoms with Crippen molar-refractivity contribution in [3.8, 4) is 0 Å². The van der Waals surface area contributed by atoms with Gasteiger partial charge in [-0.1, -0.05) is 12.1 Å². The minimum Gasteiger partial charge on any atom is -0.349 e. The fourth-order valence-electron chi connectivity index (χ4n) is 3.39. The van der Waals surface area contributed by atoms with Crippen molar-refractivity contribution in [3.63, 3.8) is 0 Å². The van der Waals surface area contributed by atoms with Gasteiger partial charge in [0.1, 0.15) is 6.29 Å². The van der Waals surface area contributed by atoms with E-state index in [0.29, 0.717) is 12.0 Å². The Bertz CT molecular complexity index is 553. The van der Waals surface area contributed by atoms with Gasteiger partial charge in [-0.15, -0.1) is 0 Å². The number of amides is 1. The van der Waals surface area contributed by atoms with Crippen LogP contribution in [0.5, 0.6) is 0 Å². The summed E-state index contributed by atoms with van der Waals surface area (Å²) >= 11 is 0. The molecule has 0 saturated carbocycles. The van der Waals surface area contributed by atoms with E-state index < -0.39 is 0 Å². The van der Waals surface area contributed by atoms with Crippen molar-refractivity contribution >= 4 is 12.2 Å². The maximum absolute atomic E-state index is 12.3. The van der Waals surface area contributed by atoms with Gasteiger partial charge in [-0.3, -0.25) is 9.59 Å². The Morgan fingerprint density at radius 1 is 1.36 bits per heavy atom. The zero-order valence-electron chi connectivity index (χ0n) is 12.7. The summed E-state index contributed by atoms with van der Waals surface area (Å²) in [6, 6.07) is 6.07. The van der Waals surface area contributed by atoms with Crippen LogP contribution in [0.25, 0.3) is 0 Å². The molecule has 1 amide bonds. The first-order valence-corrected chi connectivity index (χ1v) is 8.08. The van der Waals surface area contributed by atoms with E-state index in [-0.39, 0.29) is 18.0 Å². The molecule has 1 saturated heterocycles. The van der Waals surface area contributed by atoms with Gasteiger partial charge in [0.05, 0.1) is 6.04 Å². The molecule has 0 spiro atoms. The minimum atomic E-state index is 0.0773. The largest absolute Gasteiger partial charge is 0.349 e. The molecule has 1 aromatic carbocycles. The highest BCUT2D eigenvalue weighted by molar-refractivity contribution is 5.78. The van der Waals surface area contributed by atoms with Gasteiger partial charge < -0.3 is 16.0 Å². The van der Waals surface area contributed by atoms with Crippen molar-refractivity contribution in [2.45, 2.75) is 37.8 Å². The summed E-state index contributed by atoms with van der Waals surface area (Å²) in [7, 11) is 0. The third-order valence-electron chi connectivity index (χ3n) is 4.51. The topological polar surface area (TPSA) is 70.2 Å². The fourth-order valence-corrected chi connectivity index (χ4v) is 3.39. The van der Waals surface area contributed by atoms with Gasteiger partial charge in [-0.05, 0) is 36.5 Å². The van der Waals surface area contributed by atoms with E-state index in [9.17, 15) is 9.59 Å². The Morgan fingerprint density at radius 2 is 2.27 bits per heavy atom. The van der Waals surface area contributed by atoms with Crippen molar-refractivity contribution in [2.75, 3.05) is 19.6 Å². The van der Waals surface area contributed by atoms with Gasteiger partial charge in [-0.2, -0.15) is 0 Å². The van der Waals surface area contributed by atoms with Crippen molar-refractivity contribution in [1.29, 1.82) is 0 Å². The monoisotopic (exact) mass is 301 g/mol. The van der Waals surface area contributed by atoms with Crippen LogP contribution in [0.15, 0.2) is 18.2 Å². The fraction of sp³-hybridized carbons (Fsp3) is 0.529. The number of aldehydes is 1. The smallest absolute Gasteiger partial charge is 0.222 e. The van der Waals surface area contributed by atoms with Crippen LogP contribution in [0.4, 0.5) is 0 Å². The molecule has 1 heterocycles. The second-order valence-corrected chi connectivity index (χ2v) is 6.15. The van der Waals surface area contributed by atoms with Crippen molar-refractivity contribution < 1.29 is 9.59 Å². The number of benzene rings is 1. The van der Waals surface area contributed by atoms with Crippen molar-refractivity contribution in [3.05, 3.63) is 34.9 Å². The van der Waals surface area contributed by atoms with Crippen LogP contribution in [0.2, 0.25) is 0 Å². The van der Waals surface area contributed by atoms with E-state index in [2.05, 4.69) is 16.0 Å². The summed E-state index contributed by atoms with van der Waals surface area (Å²) < 4.78 is 0. The Hall–Kier alpha value is -1.72. The third-order valence-corrected chi connectivity index (χ3v) is 4.51. The number of piperazine rings is 1. The molecule has 5 heteroatoms. The second-order valence-electron chi connectivity index (χ2n) is 6.15. The lowest BCUT2D eigenvalue weighted by atomic mass is 9.86. The highest BCUT2D eigenvalue weighted by Gasteiger charge is 2.23. The average Bonchev–Trinajstić information content (AvgIpc) is 2.55. The van der Waals surface area contributed by atoms with Crippen molar-refractivity contribution in [2.24, 2.45) is 0 Å². The molecule has 5 nitrogen and oxygen atoms in total. The second kappa shape index (κ2) is 7.03. The minimum absolute atomic E-state index is 0.0773. The van der Waals surface area contributed by atoms with Gasteiger partial charge in [0, 0.05) is 37.7 Å². The standard InChI is InChI=1S/C17H23N3O2/c21-11-12-4-5-15-13(8-12)2-1-3-16(15)20-17(22)9-14-10-18-6-7-19-14/h4-5,8,11,14,16,18-19H,1-3,6-7,9-10H2,(H,20,22)/t14?,16-/m1/s1. The molecule has 3 rings (SSSR count). The SMILES string of the molecule is O=Cc1ccc2c(c1)CCC[C@H]2NC(=O)CC1CNCCN1. The van der Waals surface area contributed by atoms with E-state index in [1.807, 2.05) is 18.2 Å². The highest BCUT2D eigenvalue weighted by Crippen LogP contribution is 2.30. The number of aryl methyl sites for hydroxylation is 1. The predicted molar refractivity (Wildman–Crippen MR) is 84.9 cm³/mol. The molecule has 0 bridgehead atoms. The molecular weight excluding hydrogens is 278 g/mol. The molecule has 1 aromatic rings. The lowest BCUT2D eigenvalue weighted by Crippen LogP contribution is -2.50. The van der Waals surface area contributed by atoms with Gasteiger partial charge in [-0.25, -0.2) is 0 Å². The zero-order valence-corrected chi connectivity index (χ0v) is 12.7.